The van der Waals surface area contributed by atoms with Gasteiger partial charge in [0.25, 0.3) is 8.32 Å². The molecule has 1 aromatic rings. The molecule has 37 heavy (non-hydrogen) atoms. The Morgan fingerprint density at radius 2 is 1.54 bits per heavy atom. The molecule has 0 saturated heterocycles. The third kappa shape index (κ3) is 8.90. The zero-order valence-corrected chi connectivity index (χ0v) is 26.3. The third-order valence-electron chi connectivity index (χ3n) is 8.66. The fourth-order valence-electron chi connectivity index (χ4n) is 4.86. The first-order valence-electron chi connectivity index (χ1n) is 14.6. The molecular weight excluding hydrogens is 476 g/mol. The monoisotopic (exact) mass is 530 g/mol. The van der Waals surface area contributed by atoms with Crippen molar-refractivity contribution in [2.24, 2.45) is 0 Å². The van der Waals surface area contributed by atoms with Gasteiger partial charge in [-0.2, -0.15) is 0 Å². The Hall–Kier alpha value is -1.75. The van der Waals surface area contributed by atoms with Crippen LogP contribution in [-0.2, 0) is 11.2 Å². The zero-order valence-electron chi connectivity index (χ0n) is 25.3. The highest BCUT2D eigenvalue weighted by Crippen LogP contribution is 2.46. The second-order valence-electron chi connectivity index (χ2n) is 13.0. The van der Waals surface area contributed by atoms with Crippen molar-refractivity contribution in [3.8, 4) is 11.5 Å². The van der Waals surface area contributed by atoms with Gasteiger partial charge in [-0.15, -0.1) is 0 Å². The minimum atomic E-state index is -1.92. The Morgan fingerprint density at radius 3 is 2.11 bits per heavy atom. The average molecular weight is 531 g/mol. The van der Waals surface area contributed by atoms with Gasteiger partial charge in [0.15, 0.2) is 0 Å². The summed E-state index contributed by atoms with van der Waals surface area (Å²) in [4.78, 5) is 10.5. The van der Waals surface area contributed by atoms with Crippen LogP contribution in [0.3, 0.4) is 0 Å². The summed E-state index contributed by atoms with van der Waals surface area (Å²) >= 11 is 0. The van der Waals surface area contributed by atoms with Gasteiger partial charge >= 0.3 is 5.97 Å². The molecule has 0 bridgehead atoms. The van der Waals surface area contributed by atoms with Crippen molar-refractivity contribution >= 4 is 14.3 Å². The molecule has 210 valence electrons. The highest BCUT2D eigenvalue weighted by atomic mass is 28.4. The Bertz CT molecular complexity index is 941. The smallest absolute Gasteiger partial charge is 0.303 e. The van der Waals surface area contributed by atoms with Crippen LogP contribution in [0.2, 0.25) is 18.1 Å². The van der Waals surface area contributed by atoms with Gasteiger partial charge in [-0.25, -0.2) is 0 Å². The van der Waals surface area contributed by atoms with E-state index >= 15 is 0 Å². The predicted molar refractivity (Wildman–Crippen MR) is 159 cm³/mol. The van der Waals surface area contributed by atoms with Crippen LogP contribution in [0, 0.1) is 20.8 Å². The van der Waals surface area contributed by atoms with Crippen LogP contribution in [-0.4, -0.2) is 25.0 Å². The molecule has 1 aliphatic heterocycles. The van der Waals surface area contributed by atoms with Gasteiger partial charge in [-0.3, -0.25) is 4.79 Å². The van der Waals surface area contributed by atoms with E-state index in [0.717, 1.165) is 50.0 Å². The second kappa shape index (κ2) is 13.4. The largest absolute Gasteiger partial charge is 0.543 e. The molecule has 0 aromatic heterocycles. The minimum Gasteiger partial charge on any atom is -0.543 e. The topological polar surface area (TPSA) is 55.8 Å². The number of carbonyl (C=O) groups is 1. The van der Waals surface area contributed by atoms with Gasteiger partial charge in [0.2, 0.25) is 0 Å². The van der Waals surface area contributed by atoms with Crippen molar-refractivity contribution in [1.82, 2.24) is 0 Å². The summed E-state index contributed by atoms with van der Waals surface area (Å²) in [6, 6.07) is 0. The van der Waals surface area contributed by atoms with Crippen molar-refractivity contribution in [1.29, 1.82) is 0 Å². The number of fused-ring (bicyclic) bond motifs is 1. The highest BCUT2D eigenvalue weighted by molar-refractivity contribution is 6.74. The van der Waals surface area contributed by atoms with E-state index in [4.69, 9.17) is 14.3 Å². The maximum absolute atomic E-state index is 10.5. The number of benzene rings is 1. The Labute approximate surface area is 228 Å². The van der Waals surface area contributed by atoms with E-state index in [2.05, 4.69) is 73.7 Å². The average Bonchev–Trinajstić information content (AvgIpc) is 2.80. The summed E-state index contributed by atoms with van der Waals surface area (Å²) in [5.74, 6) is 1.48. The summed E-state index contributed by atoms with van der Waals surface area (Å²) in [6.45, 7) is 20.3. The molecule has 4 nitrogen and oxygen atoms in total. The number of rotatable bonds is 14. The van der Waals surface area contributed by atoms with E-state index in [9.17, 15) is 4.79 Å². The number of aliphatic carboxylic acids is 1. The van der Waals surface area contributed by atoms with Crippen molar-refractivity contribution in [3.05, 3.63) is 34.4 Å². The molecule has 1 unspecified atom stereocenters. The van der Waals surface area contributed by atoms with Crippen molar-refractivity contribution in [2.45, 2.75) is 149 Å². The number of carboxylic acid groups (broad SMARTS) is 1. The Kier molecular flexibility index (Phi) is 11.4. The van der Waals surface area contributed by atoms with E-state index in [1.54, 1.807) is 0 Å². The zero-order chi connectivity index (χ0) is 27.9. The second-order valence-corrected chi connectivity index (χ2v) is 17.7. The lowest BCUT2D eigenvalue weighted by Crippen LogP contribution is -2.44. The standard InChI is InChI=1S/C32H54O4Si/c1-24-25(2)30-27(26(3)29(24)36-37(8,9)31(4,5)6)21-23-32(7,35-30)22-19-17-15-13-11-10-12-14-16-18-20-28(33)34/h19,22H,10-18,20-21,23H2,1-9H3,(H,33,34)/b22-19+. The van der Waals surface area contributed by atoms with Crippen LogP contribution in [0.5, 0.6) is 11.5 Å². The van der Waals surface area contributed by atoms with E-state index in [1.807, 2.05) is 0 Å². The maximum atomic E-state index is 10.5. The van der Waals surface area contributed by atoms with Gasteiger partial charge in [0.05, 0.1) is 0 Å². The van der Waals surface area contributed by atoms with E-state index in [-0.39, 0.29) is 10.6 Å². The molecule has 2 rings (SSSR count). The van der Waals surface area contributed by atoms with Gasteiger partial charge in [0, 0.05) is 12.0 Å². The SMILES string of the molecule is Cc1c(C)c2c(c(C)c1O[Si](C)(C)C(C)(C)C)CCC(C)(/C=C/CCCCCCCCCCC(=O)O)O2. The van der Waals surface area contributed by atoms with Crippen molar-refractivity contribution in [3.63, 3.8) is 0 Å². The molecule has 0 amide bonds. The minimum absolute atomic E-state index is 0.166. The Balaban J connectivity index is 1.88. The molecule has 0 fully saturated rings. The van der Waals surface area contributed by atoms with Crippen LogP contribution in [0.25, 0.3) is 0 Å². The van der Waals surface area contributed by atoms with E-state index in [0.29, 0.717) is 6.42 Å². The molecule has 1 N–H and O–H groups in total. The van der Waals surface area contributed by atoms with Crippen molar-refractivity contribution in [2.75, 3.05) is 0 Å². The lowest BCUT2D eigenvalue weighted by molar-refractivity contribution is -0.137. The van der Waals surface area contributed by atoms with Crippen LogP contribution in [0.1, 0.15) is 121 Å². The molecule has 0 spiro atoms. The molecule has 5 heteroatoms. The highest BCUT2D eigenvalue weighted by Gasteiger charge is 2.40. The van der Waals surface area contributed by atoms with Gasteiger partial charge in [-0.1, -0.05) is 65.4 Å². The number of carboxylic acids is 1. The fraction of sp³-hybridized carbons (Fsp3) is 0.719. The Morgan fingerprint density at radius 1 is 0.973 bits per heavy atom. The number of ether oxygens (including phenoxy) is 1. The predicted octanol–water partition coefficient (Wildman–Crippen LogP) is 9.62. The molecule has 1 atom stereocenters. The van der Waals surface area contributed by atoms with E-state index in [1.165, 1.54) is 54.4 Å². The summed E-state index contributed by atoms with van der Waals surface area (Å²) in [7, 11) is -1.92. The van der Waals surface area contributed by atoms with Crippen molar-refractivity contribution < 1.29 is 19.1 Å². The lowest BCUT2D eigenvalue weighted by Gasteiger charge is -2.40. The normalized spacial score (nSPS) is 18.1. The van der Waals surface area contributed by atoms with Crippen LogP contribution < -0.4 is 9.16 Å². The number of allylic oxidation sites excluding steroid dienone is 1. The summed E-state index contributed by atoms with van der Waals surface area (Å²) in [5.41, 5.74) is 4.77. The summed E-state index contributed by atoms with van der Waals surface area (Å²) in [5, 5.41) is 8.85. The number of hydrogen-bond acceptors (Lipinski definition) is 3. The van der Waals surface area contributed by atoms with E-state index < -0.39 is 14.3 Å². The first-order chi connectivity index (χ1) is 17.2. The molecule has 0 aliphatic carbocycles. The quantitative estimate of drug-likeness (QED) is 0.148. The van der Waals surface area contributed by atoms with Gasteiger partial charge in [-0.05, 0) is 101 Å². The molecule has 1 aromatic carbocycles. The molecular formula is C32H54O4Si. The van der Waals surface area contributed by atoms with Crippen LogP contribution in [0.4, 0.5) is 0 Å². The van der Waals surface area contributed by atoms with Gasteiger partial charge < -0.3 is 14.3 Å². The first-order valence-corrected chi connectivity index (χ1v) is 17.5. The maximum Gasteiger partial charge on any atom is 0.303 e. The summed E-state index contributed by atoms with van der Waals surface area (Å²) < 4.78 is 13.5. The van der Waals surface area contributed by atoms with Gasteiger partial charge in [0.1, 0.15) is 17.1 Å². The molecule has 0 saturated carbocycles. The summed E-state index contributed by atoms with van der Waals surface area (Å²) in [6.07, 6.45) is 17.3. The van der Waals surface area contributed by atoms with Crippen LogP contribution >= 0.6 is 0 Å². The number of unbranched alkanes of at least 4 members (excludes halogenated alkanes) is 8. The lowest BCUT2D eigenvalue weighted by atomic mass is 9.87. The molecule has 0 radical (unpaired) electrons. The first kappa shape index (κ1) is 31.5. The van der Waals surface area contributed by atoms with Crippen LogP contribution in [0.15, 0.2) is 12.2 Å². The molecule has 1 aliphatic rings. The molecule has 1 heterocycles. The fourth-order valence-corrected chi connectivity index (χ4v) is 5.99. The third-order valence-corrected chi connectivity index (χ3v) is 13.0. The number of hydrogen-bond donors (Lipinski definition) is 1.